The lowest BCUT2D eigenvalue weighted by Crippen LogP contribution is -2.57. The van der Waals surface area contributed by atoms with E-state index in [4.69, 9.17) is 0 Å². The van der Waals surface area contributed by atoms with Gasteiger partial charge in [0.25, 0.3) is 0 Å². The van der Waals surface area contributed by atoms with Crippen LogP contribution in [0.5, 0.6) is 0 Å². The molecule has 1 N–H and O–H groups in total. The van der Waals surface area contributed by atoms with Crippen LogP contribution in [-0.4, -0.2) is 36.0 Å². The zero-order chi connectivity index (χ0) is 11.4. The van der Waals surface area contributed by atoms with E-state index < -0.39 is 0 Å². The van der Waals surface area contributed by atoms with Crippen molar-refractivity contribution in [3.63, 3.8) is 0 Å². The van der Waals surface area contributed by atoms with Gasteiger partial charge >= 0.3 is 0 Å². The topological polar surface area (TPSA) is 32.3 Å². The fourth-order valence-corrected chi connectivity index (χ4v) is 2.22. The molecule has 3 nitrogen and oxygen atoms in total. The van der Waals surface area contributed by atoms with Crippen LogP contribution in [0.2, 0.25) is 0 Å². The summed E-state index contributed by atoms with van der Waals surface area (Å²) >= 11 is 0. The number of carbonyl (C=O) groups is 1. The molecule has 1 heterocycles. The Hall–Kier alpha value is -0.570. The first-order valence-electron chi connectivity index (χ1n) is 6.07. The molecule has 0 bridgehead atoms. The molecule has 1 rings (SSSR count). The summed E-state index contributed by atoms with van der Waals surface area (Å²) in [6.07, 6.45) is 1.73. The third-order valence-corrected chi connectivity index (χ3v) is 2.98. The van der Waals surface area contributed by atoms with Crippen LogP contribution in [0.15, 0.2) is 0 Å². The fraction of sp³-hybridized carbons (Fsp3) is 0.917. The predicted molar refractivity (Wildman–Crippen MR) is 62.7 cm³/mol. The first-order chi connectivity index (χ1) is 7.04. The molecule has 1 saturated heterocycles. The molecule has 0 radical (unpaired) electrons. The summed E-state index contributed by atoms with van der Waals surface area (Å²) in [6.45, 7) is 10.3. The van der Waals surface area contributed by atoms with Crippen LogP contribution in [0, 0.1) is 5.92 Å². The van der Waals surface area contributed by atoms with Crippen LogP contribution in [0.4, 0.5) is 0 Å². The number of nitrogens with zero attached hydrogens (tertiary/aromatic N) is 1. The second-order valence-electron chi connectivity index (χ2n) is 4.99. The normalized spacial score (nSPS) is 27.1. The average molecular weight is 212 g/mol. The molecule has 2 atom stereocenters. The van der Waals surface area contributed by atoms with E-state index in [2.05, 4.69) is 31.0 Å². The van der Waals surface area contributed by atoms with Gasteiger partial charge in [-0.3, -0.25) is 4.79 Å². The maximum Gasteiger partial charge on any atom is 0.222 e. The van der Waals surface area contributed by atoms with Gasteiger partial charge in [0.1, 0.15) is 0 Å². The minimum absolute atomic E-state index is 0.300. The Labute approximate surface area is 93.2 Å². The maximum atomic E-state index is 11.8. The SMILES string of the molecule is CCC(=O)N1CC(C)NCC1CC(C)C. The van der Waals surface area contributed by atoms with E-state index in [-0.39, 0.29) is 0 Å². The summed E-state index contributed by atoms with van der Waals surface area (Å²) in [5, 5.41) is 3.45. The number of piperazine rings is 1. The smallest absolute Gasteiger partial charge is 0.222 e. The molecular formula is C12H24N2O. The van der Waals surface area contributed by atoms with Crippen molar-refractivity contribution >= 4 is 5.91 Å². The van der Waals surface area contributed by atoms with Crippen molar-refractivity contribution in [2.24, 2.45) is 5.92 Å². The van der Waals surface area contributed by atoms with E-state index in [0.717, 1.165) is 19.5 Å². The molecule has 1 aliphatic heterocycles. The van der Waals surface area contributed by atoms with Gasteiger partial charge in [-0.1, -0.05) is 20.8 Å². The Kier molecular flexibility index (Phi) is 4.58. The van der Waals surface area contributed by atoms with Gasteiger partial charge in [-0.05, 0) is 19.3 Å². The van der Waals surface area contributed by atoms with Crippen LogP contribution >= 0.6 is 0 Å². The number of carbonyl (C=O) groups excluding carboxylic acids is 1. The van der Waals surface area contributed by atoms with E-state index in [1.807, 2.05) is 6.92 Å². The Balaban J connectivity index is 2.61. The minimum Gasteiger partial charge on any atom is -0.337 e. The van der Waals surface area contributed by atoms with Crippen LogP contribution < -0.4 is 5.32 Å². The second kappa shape index (κ2) is 5.50. The second-order valence-corrected chi connectivity index (χ2v) is 4.99. The highest BCUT2D eigenvalue weighted by molar-refractivity contribution is 5.76. The third-order valence-electron chi connectivity index (χ3n) is 2.98. The molecule has 0 aromatic rings. The predicted octanol–water partition coefficient (Wildman–Crippen LogP) is 1.63. The van der Waals surface area contributed by atoms with Crippen molar-refractivity contribution < 1.29 is 4.79 Å². The fourth-order valence-electron chi connectivity index (χ4n) is 2.22. The summed E-state index contributed by atoms with van der Waals surface area (Å²) in [4.78, 5) is 13.9. The molecule has 15 heavy (non-hydrogen) atoms. The van der Waals surface area contributed by atoms with Crippen LogP contribution in [0.1, 0.15) is 40.5 Å². The van der Waals surface area contributed by atoms with Gasteiger partial charge in [0.2, 0.25) is 5.91 Å². The number of rotatable bonds is 3. The van der Waals surface area contributed by atoms with Crippen molar-refractivity contribution in [1.82, 2.24) is 10.2 Å². The Morgan fingerprint density at radius 2 is 2.20 bits per heavy atom. The maximum absolute atomic E-state index is 11.8. The highest BCUT2D eigenvalue weighted by Crippen LogP contribution is 2.16. The van der Waals surface area contributed by atoms with Gasteiger partial charge in [0.15, 0.2) is 0 Å². The molecule has 3 heteroatoms. The zero-order valence-electron chi connectivity index (χ0n) is 10.4. The number of hydrogen-bond acceptors (Lipinski definition) is 2. The van der Waals surface area contributed by atoms with Gasteiger partial charge in [-0.2, -0.15) is 0 Å². The minimum atomic E-state index is 0.300. The lowest BCUT2D eigenvalue weighted by atomic mass is 9.99. The molecule has 0 aromatic carbocycles. The Bertz CT molecular complexity index is 216. The van der Waals surface area contributed by atoms with E-state index in [9.17, 15) is 4.79 Å². The Morgan fingerprint density at radius 3 is 2.73 bits per heavy atom. The van der Waals surface area contributed by atoms with E-state index in [1.54, 1.807) is 0 Å². The lowest BCUT2D eigenvalue weighted by Gasteiger charge is -2.40. The summed E-state index contributed by atoms with van der Waals surface area (Å²) < 4.78 is 0. The zero-order valence-corrected chi connectivity index (χ0v) is 10.4. The summed E-state index contributed by atoms with van der Waals surface area (Å²) in [7, 11) is 0. The highest BCUT2D eigenvalue weighted by atomic mass is 16.2. The van der Waals surface area contributed by atoms with Crippen LogP contribution in [0.3, 0.4) is 0 Å². The summed E-state index contributed by atoms with van der Waals surface area (Å²) in [5.41, 5.74) is 0. The summed E-state index contributed by atoms with van der Waals surface area (Å²) in [6, 6.07) is 0.831. The van der Waals surface area contributed by atoms with Gasteiger partial charge in [-0.25, -0.2) is 0 Å². The standard InChI is InChI=1S/C12H24N2O/c1-5-12(15)14-8-10(4)13-7-11(14)6-9(2)3/h9-11,13H,5-8H2,1-4H3. The van der Waals surface area contributed by atoms with Crippen molar-refractivity contribution in [2.45, 2.75) is 52.6 Å². The van der Waals surface area contributed by atoms with Crippen molar-refractivity contribution in [3.05, 3.63) is 0 Å². The van der Waals surface area contributed by atoms with Crippen LogP contribution in [0.25, 0.3) is 0 Å². The molecule has 1 amide bonds. The third kappa shape index (κ3) is 3.49. The van der Waals surface area contributed by atoms with E-state index in [0.29, 0.717) is 30.3 Å². The molecule has 88 valence electrons. The quantitative estimate of drug-likeness (QED) is 0.771. The lowest BCUT2D eigenvalue weighted by molar-refractivity contribution is -0.135. The van der Waals surface area contributed by atoms with Crippen molar-refractivity contribution in [1.29, 1.82) is 0 Å². The molecule has 0 aromatic heterocycles. The van der Waals surface area contributed by atoms with Gasteiger partial charge in [-0.15, -0.1) is 0 Å². The number of hydrogen-bond donors (Lipinski definition) is 1. The van der Waals surface area contributed by atoms with E-state index >= 15 is 0 Å². The molecule has 1 fully saturated rings. The Morgan fingerprint density at radius 1 is 1.53 bits per heavy atom. The largest absolute Gasteiger partial charge is 0.337 e. The molecule has 0 spiro atoms. The van der Waals surface area contributed by atoms with Gasteiger partial charge in [0.05, 0.1) is 0 Å². The van der Waals surface area contributed by atoms with Gasteiger partial charge in [0, 0.05) is 31.6 Å². The van der Waals surface area contributed by atoms with E-state index in [1.165, 1.54) is 0 Å². The molecular weight excluding hydrogens is 188 g/mol. The first kappa shape index (κ1) is 12.5. The molecule has 0 saturated carbocycles. The average Bonchev–Trinajstić information content (AvgIpc) is 2.19. The number of nitrogens with one attached hydrogen (secondary N) is 1. The van der Waals surface area contributed by atoms with Gasteiger partial charge < -0.3 is 10.2 Å². The molecule has 1 aliphatic rings. The van der Waals surface area contributed by atoms with Crippen molar-refractivity contribution in [3.8, 4) is 0 Å². The van der Waals surface area contributed by atoms with Crippen LogP contribution in [-0.2, 0) is 4.79 Å². The monoisotopic (exact) mass is 212 g/mol. The first-order valence-corrected chi connectivity index (χ1v) is 6.07. The molecule has 2 unspecified atom stereocenters. The molecule has 0 aliphatic carbocycles. The highest BCUT2D eigenvalue weighted by Gasteiger charge is 2.28. The van der Waals surface area contributed by atoms with Crippen molar-refractivity contribution in [2.75, 3.05) is 13.1 Å². The summed E-state index contributed by atoms with van der Waals surface area (Å²) in [5.74, 6) is 0.950. The number of amides is 1.